The highest BCUT2D eigenvalue weighted by Gasteiger charge is 2.10. The number of carbonyl (C=O) groups excluding carboxylic acids is 1. The van der Waals surface area contributed by atoms with Crippen molar-refractivity contribution in [3.05, 3.63) is 65.9 Å². The molecule has 0 aliphatic carbocycles. The van der Waals surface area contributed by atoms with Crippen molar-refractivity contribution in [2.75, 3.05) is 6.61 Å². The number of esters is 1. The molecule has 0 radical (unpaired) electrons. The molecule has 2 rings (SSSR count). The SMILES string of the molecule is CCOC(=O)c1ccnc(/C(C)=C/OCc2ccccc2)n1. The van der Waals surface area contributed by atoms with E-state index in [9.17, 15) is 4.79 Å². The molecule has 2 aromatic rings. The van der Waals surface area contributed by atoms with Gasteiger partial charge in [-0.05, 0) is 25.5 Å². The summed E-state index contributed by atoms with van der Waals surface area (Å²) in [6, 6.07) is 11.4. The lowest BCUT2D eigenvalue weighted by Crippen LogP contribution is -2.08. The van der Waals surface area contributed by atoms with E-state index in [1.165, 1.54) is 12.3 Å². The van der Waals surface area contributed by atoms with Crippen LogP contribution in [0.5, 0.6) is 0 Å². The summed E-state index contributed by atoms with van der Waals surface area (Å²) in [5.74, 6) is -0.0113. The summed E-state index contributed by atoms with van der Waals surface area (Å²) in [6.45, 7) is 4.36. The number of benzene rings is 1. The third-order valence-electron chi connectivity index (χ3n) is 2.85. The van der Waals surface area contributed by atoms with Crippen molar-refractivity contribution < 1.29 is 14.3 Å². The van der Waals surface area contributed by atoms with Crippen molar-refractivity contribution in [1.29, 1.82) is 0 Å². The van der Waals surface area contributed by atoms with E-state index in [2.05, 4.69) is 9.97 Å². The fourth-order valence-corrected chi connectivity index (χ4v) is 1.76. The lowest BCUT2D eigenvalue weighted by atomic mass is 10.2. The molecular weight excluding hydrogens is 280 g/mol. The zero-order valence-corrected chi connectivity index (χ0v) is 12.7. The van der Waals surface area contributed by atoms with Gasteiger partial charge in [0.25, 0.3) is 0 Å². The molecule has 0 atom stereocenters. The molecule has 1 aromatic heterocycles. The van der Waals surface area contributed by atoms with E-state index in [0.717, 1.165) is 11.1 Å². The molecule has 0 N–H and O–H groups in total. The monoisotopic (exact) mass is 298 g/mol. The van der Waals surface area contributed by atoms with E-state index in [4.69, 9.17) is 9.47 Å². The van der Waals surface area contributed by atoms with Crippen molar-refractivity contribution >= 4 is 11.5 Å². The molecule has 1 aromatic carbocycles. The summed E-state index contributed by atoms with van der Waals surface area (Å²) in [5.41, 5.74) is 2.05. The maximum Gasteiger partial charge on any atom is 0.357 e. The third kappa shape index (κ3) is 4.41. The first-order valence-electron chi connectivity index (χ1n) is 7.03. The van der Waals surface area contributed by atoms with Crippen molar-refractivity contribution in [2.45, 2.75) is 20.5 Å². The zero-order chi connectivity index (χ0) is 15.8. The van der Waals surface area contributed by atoms with Crippen LogP contribution in [0.2, 0.25) is 0 Å². The van der Waals surface area contributed by atoms with Crippen LogP contribution in [-0.2, 0) is 16.1 Å². The fraction of sp³-hybridized carbons (Fsp3) is 0.235. The predicted molar refractivity (Wildman–Crippen MR) is 82.9 cm³/mol. The summed E-state index contributed by atoms with van der Waals surface area (Å²) in [6.07, 6.45) is 3.13. The number of hydrogen-bond donors (Lipinski definition) is 0. The molecule has 5 heteroatoms. The summed E-state index contributed by atoms with van der Waals surface area (Å²) in [5, 5.41) is 0. The van der Waals surface area contributed by atoms with Gasteiger partial charge in [0.1, 0.15) is 6.61 Å². The van der Waals surface area contributed by atoms with E-state index < -0.39 is 5.97 Å². The van der Waals surface area contributed by atoms with E-state index >= 15 is 0 Å². The van der Waals surface area contributed by atoms with Crippen LogP contribution >= 0.6 is 0 Å². The van der Waals surface area contributed by atoms with Gasteiger partial charge in [0.2, 0.25) is 0 Å². The molecule has 0 aliphatic rings. The lowest BCUT2D eigenvalue weighted by molar-refractivity contribution is 0.0519. The van der Waals surface area contributed by atoms with Crippen LogP contribution < -0.4 is 0 Å². The summed E-state index contributed by atoms with van der Waals surface area (Å²) in [4.78, 5) is 20.0. The molecule has 5 nitrogen and oxygen atoms in total. The highest BCUT2D eigenvalue weighted by Crippen LogP contribution is 2.10. The van der Waals surface area contributed by atoms with Crippen molar-refractivity contribution in [3.8, 4) is 0 Å². The van der Waals surface area contributed by atoms with Gasteiger partial charge in [0, 0.05) is 11.8 Å². The summed E-state index contributed by atoms with van der Waals surface area (Å²) in [7, 11) is 0. The Hall–Kier alpha value is -2.69. The quantitative estimate of drug-likeness (QED) is 0.605. The first-order chi connectivity index (χ1) is 10.7. The minimum Gasteiger partial charge on any atom is -0.496 e. The maximum atomic E-state index is 11.7. The molecule has 22 heavy (non-hydrogen) atoms. The standard InChI is InChI=1S/C17H18N2O3/c1-3-22-17(20)15-9-10-18-16(19-15)13(2)11-21-12-14-7-5-4-6-8-14/h4-11H,3,12H2,1-2H3/b13-11+. The molecule has 0 saturated carbocycles. The number of nitrogens with zero attached hydrogens (tertiary/aromatic N) is 2. The minimum atomic E-state index is -0.454. The van der Waals surface area contributed by atoms with Gasteiger partial charge in [-0.2, -0.15) is 0 Å². The molecule has 0 amide bonds. The Morgan fingerprint density at radius 2 is 2.00 bits per heavy atom. The largest absolute Gasteiger partial charge is 0.496 e. The Morgan fingerprint density at radius 3 is 2.73 bits per heavy atom. The second kappa shape index (κ2) is 7.93. The van der Waals surface area contributed by atoms with Crippen LogP contribution in [0.4, 0.5) is 0 Å². The van der Waals surface area contributed by atoms with E-state index in [-0.39, 0.29) is 5.69 Å². The van der Waals surface area contributed by atoms with Crippen LogP contribution in [-0.4, -0.2) is 22.5 Å². The van der Waals surface area contributed by atoms with Crippen molar-refractivity contribution in [1.82, 2.24) is 9.97 Å². The molecule has 0 bridgehead atoms. The normalized spacial score (nSPS) is 11.1. The van der Waals surface area contributed by atoms with Crippen LogP contribution in [0.25, 0.3) is 5.57 Å². The van der Waals surface area contributed by atoms with Crippen molar-refractivity contribution in [2.24, 2.45) is 0 Å². The van der Waals surface area contributed by atoms with E-state index in [1.807, 2.05) is 37.3 Å². The highest BCUT2D eigenvalue weighted by atomic mass is 16.5. The van der Waals surface area contributed by atoms with Crippen LogP contribution in [0.3, 0.4) is 0 Å². The number of aromatic nitrogens is 2. The van der Waals surface area contributed by atoms with E-state index in [0.29, 0.717) is 19.0 Å². The lowest BCUT2D eigenvalue weighted by Gasteiger charge is -2.05. The smallest absolute Gasteiger partial charge is 0.357 e. The zero-order valence-electron chi connectivity index (χ0n) is 12.7. The van der Waals surface area contributed by atoms with Gasteiger partial charge < -0.3 is 9.47 Å². The Balaban J connectivity index is 2.02. The Bertz CT molecular complexity index is 654. The van der Waals surface area contributed by atoms with Gasteiger partial charge in [0.15, 0.2) is 11.5 Å². The van der Waals surface area contributed by atoms with Gasteiger partial charge in [-0.1, -0.05) is 30.3 Å². The van der Waals surface area contributed by atoms with Gasteiger partial charge >= 0.3 is 5.97 Å². The molecule has 0 fully saturated rings. The highest BCUT2D eigenvalue weighted by molar-refractivity contribution is 5.87. The maximum absolute atomic E-state index is 11.7. The molecule has 1 heterocycles. The number of ether oxygens (including phenoxy) is 2. The van der Waals surface area contributed by atoms with Crippen LogP contribution in [0.1, 0.15) is 35.7 Å². The molecule has 0 spiro atoms. The van der Waals surface area contributed by atoms with Crippen molar-refractivity contribution in [3.63, 3.8) is 0 Å². The second-order valence-electron chi connectivity index (χ2n) is 4.58. The Morgan fingerprint density at radius 1 is 1.23 bits per heavy atom. The van der Waals surface area contributed by atoms with E-state index in [1.54, 1.807) is 13.2 Å². The molecular formula is C17H18N2O3. The number of allylic oxidation sites excluding steroid dienone is 1. The first kappa shape index (κ1) is 15.7. The van der Waals surface area contributed by atoms with Gasteiger partial charge in [0.05, 0.1) is 12.9 Å². The predicted octanol–water partition coefficient (Wildman–Crippen LogP) is 3.23. The number of hydrogen-bond acceptors (Lipinski definition) is 5. The van der Waals surface area contributed by atoms with Crippen LogP contribution in [0, 0.1) is 0 Å². The first-order valence-corrected chi connectivity index (χ1v) is 7.03. The Labute approximate surface area is 129 Å². The summed E-state index contributed by atoms with van der Waals surface area (Å²) >= 11 is 0. The average Bonchev–Trinajstić information content (AvgIpc) is 2.56. The molecule has 0 aliphatic heterocycles. The van der Waals surface area contributed by atoms with Gasteiger partial charge in [-0.25, -0.2) is 14.8 Å². The number of rotatable bonds is 6. The second-order valence-corrected chi connectivity index (χ2v) is 4.58. The average molecular weight is 298 g/mol. The van der Waals surface area contributed by atoms with Gasteiger partial charge in [-0.3, -0.25) is 0 Å². The molecule has 114 valence electrons. The Kier molecular flexibility index (Phi) is 5.65. The third-order valence-corrected chi connectivity index (χ3v) is 2.85. The number of carbonyl (C=O) groups is 1. The topological polar surface area (TPSA) is 61.3 Å². The van der Waals surface area contributed by atoms with Gasteiger partial charge in [-0.15, -0.1) is 0 Å². The summed E-state index contributed by atoms with van der Waals surface area (Å²) < 4.78 is 10.4. The molecule has 0 saturated heterocycles. The fourth-order valence-electron chi connectivity index (χ4n) is 1.76. The minimum absolute atomic E-state index is 0.239. The van der Waals surface area contributed by atoms with Crippen LogP contribution in [0.15, 0.2) is 48.9 Å². The molecule has 0 unspecified atom stereocenters.